The van der Waals surface area contributed by atoms with E-state index in [4.69, 9.17) is 9.47 Å². The molecular formula is C36H62O6. The molecule has 0 aromatic rings. The van der Waals surface area contributed by atoms with E-state index in [1.54, 1.807) is 6.08 Å². The molecule has 0 aromatic carbocycles. The number of ether oxygens (including phenoxy) is 2. The molecule has 2 N–H and O–H groups in total. The monoisotopic (exact) mass is 590 g/mol. The predicted molar refractivity (Wildman–Crippen MR) is 174 cm³/mol. The molecule has 2 atom stereocenters. The van der Waals surface area contributed by atoms with E-state index in [0.717, 1.165) is 38.5 Å². The molecule has 0 aliphatic heterocycles. The Labute approximate surface area is 257 Å². The van der Waals surface area contributed by atoms with Gasteiger partial charge in [0.2, 0.25) is 0 Å². The quantitative estimate of drug-likeness (QED) is 0.0391. The van der Waals surface area contributed by atoms with Crippen LogP contribution in [0.1, 0.15) is 142 Å². The van der Waals surface area contributed by atoms with Crippen molar-refractivity contribution < 1.29 is 29.3 Å². The fraction of sp³-hybridized carbons (Fsp3) is 0.722. The third-order valence-corrected chi connectivity index (χ3v) is 6.90. The first kappa shape index (κ1) is 39.8. The molecule has 0 radical (unpaired) electrons. The van der Waals surface area contributed by atoms with Crippen molar-refractivity contribution in [1.82, 2.24) is 0 Å². The number of aliphatic hydroxyl groups excluding tert-OH is 2. The summed E-state index contributed by atoms with van der Waals surface area (Å²) in [6.07, 6.45) is 34.7. The summed E-state index contributed by atoms with van der Waals surface area (Å²) in [5.74, 6) is -0.674. The highest BCUT2D eigenvalue weighted by Gasteiger charge is 2.11. The normalized spacial score (nSPS) is 13.5. The highest BCUT2D eigenvalue weighted by atomic mass is 16.6. The molecule has 0 aromatic heterocycles. The molecule has 0 aliphatic rings. The van der Waals surface area contributed by atoms with Crippen molar-refractivity contribution in [2.45, 2.75) is 154 Å². The number of carbonyl (C=O) groups is 2. The second kappa shape index (κ2) is 31.7. The Morgan fingerprint density at radius 2 is 1.12 bits per heavy atom. The molecule has 0 aliphatic carbocycles. The van der Waals surface area contributed by atoms with Crippen LogP contribution in [0.25, 0.3) is 0 Å². The van der Waals surface area contributed by atoms with Crippen LogP contribution in [0.3, 0.4) is 0 Å². The summed E-state index contributed by atoms with van der Waals surface area (Å²) < 4.78 is 10.2. The van der Waals surface area contributed by atoms with Gasteiger partial charge >= 0.3 is 11.9 Å². The molecule has 42 heavy (non-hydrogen) atoms. The number of allylic oxidation sites excluding steroid dienone is 6. The van der Waals surface area contributed by atoms with Gasteiger partial charge in [-0.3, -0.25) is 9.59 Å². The minimum atomic E-state index is -1.00. The molecule has 0 saturated carbocycles. The number of esters is 2. The third kappa shape index (κ3) is 30.8. The Morgan fingerprint density at radius 3 is 1.76 bits per heavy atom. The zero-order valence-electron chi connectivity index (χ0n) is 26.9. The van der Waals surface area contributed by atoms with Crippen molar-refractivity contribution in [3.05, 3.63) is 48.6 Å². The second-order valence-electron chi connectivity index (χ2n) is 11.1. The van der Waals surface area contributed by atoms with E-state index >= 15 is 0 Å². The van der Waals surface area contributed by atoms with Crippen molar-refractivity contribution in [2.24, 2.45) is 0 Å². The molecule has 0 bridgehead atoms. The summed E-state index contributed by atoms with van der Waals surface area (Å²) in [6.45, 7) is 4.11. The first-order valence-electron chi connectivity index (χ1n) is 16.8. The van der Waals surface area contributed by atoms with Crippen LogP contribution in [-0.4, -0.2) is 47.6 Å². The lowest BCUT2D eigenvalue weighted by Gasteiger charge is -2.12. The van der Waals surface area contributed by atoms with E-state index in [2.05, 4.69) is 19.9 Å². The summed E-state index contributed by atoms with van der Waals surface area (Å²) in [5, 5.41) is 19.9. The fourth-order valence-corrected chi connectivity index (χ4v) is 4.27. The van der Waals surface area contributed by atoms with E-state index in [0.29, 0.717) is 19.3 Å². The van der Waals surface area contributed by atoms with E-state index < -0.39 is 12.2 Å². The van der Waals surface area contributed by atoms with Crippen LogP contribution in [0.5, 0.6) is 0 Å². The van der Waals surface area contributed by atoms with Crippen LogP contribution in [-0.2, 0) is 19.1 Å². The topological polar surface area (TPSA) is 93.1 Å². The number of carbonyl (C=O) groups excluding carboxylic acids is 2. The number of hydrogen-bond acceptors (Lipinski definition) is 6. The van der Waals surface area contributed by atoms with Crippen molar-refractivity contribution in [2.75, 3.05) is 13.2 Å². The Morgan fingerprint density at radius 1 is 0.595 bits per heavy atom. The lowest BCUT2D eigenvalue weighted by molar-refractivity contribution is -0.152. The smallest absolute Gasteiger partial charge is 0.305 e. The van der Waals surface area contributed by atoms with Gasteiger partial charge in [-0.05, 0) is 44.9 Å². The van der Waals surface area contributed by atoms with E-state index in [1.807, 2.05) is 36.5 Å². The summed E-state index contributed by atoms with van der Waals surface area (Å²) in [6, 6.07) is 0. The zero-order valence-corrected chi connectivity index (χ0v) is 26.9. The summed E-state index contributed by atoms with van der Waals surface area (Å²) >= 11 is 0. The lowest BCUT2D eigenvalue weighted by Crippen LogP contribution is -2.25. The molecule has 0 rings (SSSR count). The first-order valence-corrected chi connectivity index (χ1v) is 16.8. The largest absolute Gasteiger partial charge is 0.463 e. The molecule has 242 valence electrons. The average molecular weight is 591 g/mol. The lowest BCUT2D eigenvalue weighted by atomic mass is 10.1. The van der Waals surface area contributed by atoms with Gasteiger partial charge in [0.25, 0.3) is 0 Å². The van der Waals surface area contributed by atoms with Crippen molar-refractivity contribution in [3.63, 3.8) is 0 Å². The number of rotatable bonds is 29. The predicted octanol–water partition coefficient (Wildman–Crippen LogP) is 8.86. The fourth-order valence-electron chi connectivity index (χ4n) is 4.27. The number of unbranched alkanes of at least 4 members (excludes halogenated alkanes) is 13. The molecule has 0 unspecified atom stereocenters. The van der Waals surface area contributed by atoms with Crippen LogP contribution >= 0.6 is 0 Å². The maximum absolute atomic E-state index is 11.9. The second-order valence-corrected chi connectivity index (χ2v) is 11.1. The Hall–Kier alpha value is -2.18. The number of aliphatic hydroxyl groups is 2. The van der Waals surface area contributed by atoms with Gasteiger partial charge in [0.15, 0.2) is 0 Å². The molecule has 6 nitrogen and oxygen atoms in total. The van der Waals surface area contributed by atoms with E-state index in [1.165, 1.54) is 64.2 Å². The minimum Gasteiger partial charge on any atom is -0.463 e. The van der Waals surface area contributed by atoms with Gasteiger partial charge in [0, 0.05) is 12.8 Å². The summed E-state index contributed by atoms with van der Waals surface area (Å²) in [5.41, 5.74) is 0. The van der Waals surface area contributed by atoms with Gasteiger partial charge in [-0.1, -0.05) is 133 Å². The summed E-state index contributed by atoms with van der Waals surface area (Å²) in [7, 11) is 0. The molecule has 0 fully saturated rings. The van der Waals surface area contributed by atoms with E-state index in [9.17, 15) is 19.8 Å². The van der Waals surface area contributed by atoms with Crippen LogP contribution in [0.4, 0.5) is 0 Å². The van der Waals surface area contributed by atoms with Crippen molar-refractivity contribution in [3.8, 4) is 0 Å². The average Bonchev–Trinajstić information content (AvgIpc) is 2.98. The molecular weight excluding hydrogens is 528 g/mol. The summed E-state index contributed by atoms with van der Waals surface area (Å²) in [4.78, 5) is 23.7. The number of hydrogen-bond donors (Lipinski definition) is 2. The van der Waals surface area contributed by atoms with Gasteiger partial charge in [-0.15, -0.1) is 0 Å². The van der Waals surface area contributed by atoms with Gasteiger partial charge < -0.3 is 19.7 Å². The van der Waals surface area contributed by atoms with E-state index in [-0.39, 0.29) is 31.6 Å². The molecule has 6 heteroatoms. The Kier molecular flexibility index (Phi) is 30.1. The SMILES string of the molecule is CCCCC/C=C\C=C/[C@@H](O)C/C=C\C/C=C/CCCC(=O)OC[C@H](O)COC(=O)CCCCCCCCCCCC. The van der Waals surface area contributed by atoms with Crippen LogP contribution < -0.4 is 0 Å². The maximum atomic E-state index is 11.9. The van der Waals surface area contributed by atoms with Crippen LogP contribution in [0.15, 0.2) is 48.6 Å². The maximum Gasteiger partial charge on any atom is 0.305 e. The third-order valence-electron chi connectivity index (χ3n) is 6.90. The molecule has 0 amide bonds. The van der Waals surface area contributed by atoms with Gasteiger partial charge in [-0.2, -0.15) is 0 Å². The standard InChI is InChI=1S/C36H62O6/c1-3-5-7-9-11-12-13-17-21-25-29-35(39)41-31-34(38)32-42-36(40)30-26-22-18-14-16-20-24-28-33(37)27-23-19-15-10-8-6-4-2/h14-15,18-20,23-24,27,33-34,37-38H,3-13,16-17,21-22,25-26,28-32H2,1-2H3/b18-14+,19-15-,24-20-,27-23-/t33-,34-/m1/s1. The highest BCUT2D eigenvalue weighted by molar-refractivity contribution is 5.69. The zero-order chi connectivity index (χ0) is 30.9. The Bertz CT molecular complexity index is 739. The highest BCUT2D eigenvalue weighted by Crippen LogP contribution is 2.11. The molecule has 0 saturated heterocycles. The van der Waals surface area contributed by atoms with Gasteiger partial charge in [0.05, 0.1) is 6.10 Å². The first-order chi connectivity index (χ1) is 20.5. The molecule has 0 heterocycles. The van der Waals surface area contributed by atoms with Crippen molar-refractivity contribution >= 4 is 11.9 Å². The van der Waals surface area contributed by atoms with Gasteiger partial charge in [0.1, 0.15) is 19.3 Å². The van der Waals surface area contributed by atoms with Crippen molar-refractivity contribution in [1.29, 1.82) is 0 Å². The van der Waals surface area contributed by atoms with Gasteiger partial charge in [-0.25, -0.2) is 0 Å². The van der Waals surface area contributed by atoms with Crippen LogP contribution in [0.2, 0.25) is 0 Å². The van der Waals surface area contributed by atoms with Crippen LogP contribution in [0, 0.1) is 0 Å². The Balaban J connectivity index is 3.66. The minimum absolute atomic E-state index is 0.149. The molecule has 0 spiro atoms.